The molecule has 0 aliphatic carbocycles. The van der Waals surface area contributed by atoms with E-state index in [9.17, 15) is 14.9 Å². The van der Waals surface area contributed by atoms with E-state index in [0.717, 1.165) is 0 Å². The number of anilines is 1. The van der Waals surface area contributed by atoms with E-state index < -0.39 is 4.92 Å². The Morgan fingerprint density at radius 1 is 1.36 bits per heavy atom. The van der Waals surface area contributed by atoms with E-state index >= 15 is 0 Å². The van der Waals surface area contributed by atoms with Crippen molar-refractivity contribution in [1.29, 1.82) is 0 Å². The average Bonchev–Trinajstić information content (AvgIpc) is 2.97. The molecule has 0 aliphatic rings. The van der Waals surface area contributed by atoms with E-state index in [1.165, 1.54) is 18.4 Å². The summed E-state index contributed by atoms with van der Waals surface area (Å²) in [6.07, 6.45) is 1.53. The molecule has 7 nitrogen and oxygen atoms in total. The Kier molecular flexibility index (Phi) is 4.77. The molecule has 0 bridgehead atoms. The van der Waals surface area contributed by atoms with Crippen molar-refractivity contribution in [3.63, 3.8) is 0 Å². The Balaban J connectivity index is 2.20. The summed E-state index contributed by atoms with van der Waals surface area (Å²) < 4.78 is 5.16. The summed E-state index contributed by atoms with van der Waals surface area (Å²) >= 11 is 0. The van der Waals surface area contributed by atoms with Crippen LogP contribution in [0.4, 0.5) is 11.4 Å². The van der Waals surface area contributed by atoms with Gasteiger partial charge < -0.3 is 15.1 Å². The smallest absolute Gasteiger partial charge is 0.293 e. The number of hydrogen-bond acceptors (Lipinski definition) is 5. The van der Waals surface area contributed by atoms with Crippen LogP contribution in [0.5, 0.6) is 0 Å². The van der Waals surface area contributed by atoms with Crippen LogP contribution >= 0.6 is 0 Å². The fourth-order valence-electron chi connectivity index (χ4n) is 1.91. The number of furan rings is 1. The lowest BCUT2D eigenvalue weighted by Crippen LogP contribution is -2.30. The first-order valence-corrected chi connectivity index (χ1v) is 6.83. The Morgan fingerprint density at radius 3 is 2.73 bits per heavy atom. The Bertz CT molecular complexity index is 665. The van der Waals surface area contributed by atoms with Gasteiger partial charge in [0.1, 0.15) is 11.4 Å². The fourth-order valence-corrected chi connectivity index (χ4v) is 1.91. The van der Waals surface area contributed by atoms with Gasteiger partial charge in [-0.15, -0.1) is 0 Å². The van der Waals surface area contributed by atoms with Crippen molar-refractivity contribution in [3.8, 4) is 0 Å². The molecule has 1 aromatic heterocycles. The van der Waals surface area contributed by atoms with Gasteiger partial charge in [-0.2, -0.15) is 0 Å². The number of carbonyl (C=O) groups excluding carboxylic acids is 1. The van der Waals surface area contributed by atoms with Gasteiger partial charge in [-0.1, -0.05) is 0 Å². The molecule has 1 heterocycles. The Hall–Kier alpha value is -2.83. The quantitative estimate of drug-likeness (QED) is 0.631. The lowest BCUT2D eigenvalue weighted by molar-refractivity contribution is -0.384. The van der Waals surface area contributed by atoms with E-state index in [0.29, 0.717) is 18.0 Å². The minimum atomic E-state index is -0.517. The van der Waals surface area contributed by atoms with E-state index in [1.807, 2.05) is 13.8 Å². The van der Waals surface area contributed by atoms with Crippen LogP contribution in [0, 0.1) is 10.1 Å². The summed E-state index contributed by atoms with van der Waals surface area (Å²) in [5.41, 5.74) is 0.439. The van der Waals surface area contributed by atoms with Crippen molar-refractivity contribution in [2.24, 2.45) is 0 Å². The van der Waals surface area contributed by atoms with Gasteiger partial charge in [-0.05, 0) is 38.1 Å². The van der Waals surface area contributed by atoms with Gasteiger partial charge in [-0.3, -0.25) is 14.9 Å². The maximum Gasteiger partial charge on any atom is 0.293 e. The summed E-state index contributed by atoms with van der Waals surface area (Å²) in [6, 6.07) is 7.81. The second-order valence-electron chi connectivity index (χ2n) is 5.05. The highest BCUT2D eigenvalue weighted by atomic mass is 16.6. The molecular formula is C15H17N3O4. The normalized spacial score (nSPS) is 10.5. The number of hydrogen-bond donors (Lipinski definition) is 2. The van der Waals surface area contributed by atoms with Gasteiger partial charge in [0.15, 0.2) is 0 Å². The zero-order valence-corrected chi connectivity index (χ0v) is 12.3. The molecule has 2 N–H and O–H groups in total. The highest BCUT2D eigenvalue weighted by Gasteiger charge is 2.18. The van der Waals surface area contributed by atoms with Crippen LogP contribution in [0.15, 0.2) is 41.0 Å². The number of rotatable bonds is 6. The SMILES string of the molecule is CC(C)NC(=O)c1ccc(NCc2ccco2)c([N+](=O)[O-])c1. The van der Waals surface area contributed by atoms with Crippen molar-refractivity contribution in [2.45, 2.75) is 26.4 Å². The highest BCUT2D eigenvalue weighted by Crippen LogP contribution is 2.26. The number of amides is 1. The predicted molar refractivity (Wildman–Crippen MR) is 81.7 cm³/mol. The molecule has 2 rings (SSSR count). The van der Waals surface area contributed by atoms with E-state index in [1.54, 1.807) is 18.2 Å². The van der Waals surface area contributed by atoms with Crippen molar-refractivity contribution >= 4 is 17.3 Å². The minimum Gasteiger partial charge on any atom is -0.467 e. The van der Waals surface area contributed by atoms with Crippen molar-refractivity contribution in [3.05, 3.63) is 58.0 Å². The number of benzene rings is 1. The van der Waals surface area contributed by atoms with Gasteiger partial charge in [0.2, 0.25) is 0 Å². The van der Waals surface area contributed by atoms with Crippen LogP contribution in [0.1, 0.15) is 30.0 Å². The molecule has 1 aromatic carbocycles. The molecule has 22 heavy (non-hydrogen) atoms. The van der Waals surface area contributed by atoms with Crippen LogP contribution in [0.2, 0.25) is 0 Å². The molecule has 0 aliphatic heterocycles. The first-order chi connectivity index (χ1) is 10.5. The molecule has 0 fully saturated rings. The maximum atomic E-state index is 11.9. The van der Waals surface area contributed by atoms with Gasteiger partial charge in [0.05, 0.1) is 17.7 Å². The Labute approximate surface area is 127 Å². The molecule has 2 aromatic rings. The first kappa shape index (κ1) is 15.6. The summed E-state index contributed by atoms with van der Waals surface area (Å²) in [5.74, 6) is 0.326. The van der Waals surface area contributed by atoms with E-state index in [4.69, 9.17) is 4.42 Å². The predicted octanol–water partition coefficient (Wildman–Crippen LogP) is 2.94. The third kappa shape index (κ3) is 3.85. The summed E-state index contributed by atoms with van der Waals surface area (Å²) in [6.45, 7) is 3.97. The lowest BCUT2D eigenvalue weighted by atomic mass is 10.1. The highest BCUT2D eigenvalue weighted by molar-refractivity contribution is 5.95. The molecule has 1 amide bonds. The second-order valence-corrected chi connectivity index (χ2v) is 5.05. The third-order valence-electron chi connectivity index (χ3n) is 2.91. The molecule has 116 valence electrons. The second kappa shape index (κ2) is 6.75. The minimum absolute atomic E-state index is 0.0386. The van der Waals surface area contributed by atoms with E-state index in [-0.39, 0.29) is 23.2 Å². The van der Waals surface area contributed by atoms with Crippen LogP contribution in [0.25, 0.3) is 0 Å². The molecule has 0 unspecified atom stereocenters. The molecule has 0 radical (unpaired) electrons. The zero-order chi connectivity index (χ0) is 16.1. The Morgan fingerprint density at radius 2 is 2.14 bits per heavy atom. The van der Waals surface area contributed by atoms with Crippen molar-refractivity contribution in [1.82, 2.24) is 5.32 Å². The number of nitrogens with zero attached hydrogens (tertiary/aromatic N) is 1. The molecule has 7 heteroatoms. The van der Waals surface area contributed by atoms with Crippen LogP contribution in [0.3, 0.4) is 0 Å². The first-order valence-electron chi connectivity index (χ1n) is 6.83. The molecule has 0 spiro atoms. The zero-order valence-electron chi connectivity index (χ0n) is 12.3. The summed E-state index contributed by atoms with van der Waals surface area (Å²) in [4.78, 5) is 22.6. The molecular weight excluding hydrogens is 286 g/mol. The van der Waals surface area contributed by atoms with E-state index in [2.05, 4.69) is 10.6 Å². The van der Waals surface area contributed by atoms with Gasteiger partial charge in [0, 0.05) is 17.7 Å². The lowest BCUT2D eigenvalue weighted by Gasteiger charge is -2.10. The number of nitro groups is 1. The standard InChI is InChI=1S/C15H17N3O4/c1-10(2)17-15(19)11-5-6-13(14(8-11)18(20)21)16-9-12-4-3-7-22-12/h3-8,10,16H,9H2,1-2H3,(H,17,19). The van der Waals surface area contributed by atoms with Crippen LogP contribution in [-0.4, -0.2) is 16.9 Å². The van der Waals surface area contributed by atoms with Crippen LogP contribution < -0.4 is 10.6 Å². The number of nitrogens with one attached hydrogen (secondary N) is 2. The van der Waals surface area contributed by atoms with Gasteiger partial charge in [-0.25, -0.2) is 0 Å². The molecule has 0 saturated heterocycles. The van der Waals surface area contributed by atoms with Crippen molar-refractivity contribution < 1.29 is 14.1 Å². The number of carbonyl (C=O) groups is 1. The fraction of sp³-hybridized carbons (Fsp3) is 0.267. The third-order valence-corrected chi connectivity index (χ3v) is 2.91. The largest absolute Gasteiger partial charge is 0.467 e. The number of nitro benzene ring substituents is 1. The molecule has 0 saturated carbocycles. The topological polar surface area (TPSA) is 97.4 Å². The summed E-state index contributed by atoms with van der Waals surface area (Å²) in [5, 5.41) is 16.8. The van der Waals surface area contributed by atoms with Gasteiger partial charge in [0.25, 0.3) is 11.6 Å². The monoisotopic (exact) mass is 303 g/mol. The van der Waals surface area contributed by atoms with Crippen molar-refractivity contribution in [2.75, 3.05) is 5.32 Å². The van der Waals surface area contributed by atoms with Crippen LogP contribution in [-0.2, 0) is 6.54 Å². The van der Waals surface area contributed by atoms with Gasteiger partial charge >= 0.3 is 0 Å². The maximum absolute atomic E-state index is 11.9. The molecule has 0 atom stereocenters. The average molecular weight is 303 g/mol. The summed E-state index contributed by atoms with van der Waals surface area (Å²) in [7, 11) is 0.